The van der Waals surface area contributed by atoms with Gasteiger partial charge in [0.15, 0.2) is 0 Å². The molecule has 146 valence electrons. The molecule has 0 bridgehead atoms. The number of nitrogens with one attached hydrogen (secondary N) is 1. The van der Waals surface area contributed by atoms with E-state index in [0.717, 1.165) is 48.6 Å². The van der Waals surface area contributed by atoms with Gasteiger partial charge in [-0.1, -0.05) is 24.8 Å². The van der Waals surface area contributed by atoms with Gasteiger partial charge in [0.1, 0.15) is 5.71 Å². The van der Waals surface area contributed by atoms with Crippen LogP contribution in [0.2, 0.25) is 0 Å². The topological polar surface area (TPSA) is 57.1 Å². The standard InChI is InChI=1S/C23H28N4O/c1-5-12-25-22-18(4)24-13-9-21(22)27-14-10-19(11-15-27)23(28)26-20-8-6-7-16(2)17(20)3/h5-9,12-13,19H,4,10-11,14-15H2,1-3H3,(H,26,28)/b12-5-,25-22?. The molecule has 2 aliphatic rings. The van der Waals surface area contributed by atoms with Crippen molar-refractivity contribution >= 4 is 23.5 Å². The van der Waals surface area contributed by atoms with Crippen molar-refractivity contribution in [3.05, 3.63) is 65.7 Å². The second-order valence-electron chi connectivity index (χ2n) is 7.23. The molecule has 1 aromatic carbocycles. The largest absolute Gasteiger partial charge is 0.370 e. The van der Waals surface area contributed by atoms with Gasteiger partial charge in [-0.15, -0.1) is 0 Å². The van der Waals surface area contributed by atoms with Crippen LogP contribution >= 0.6 is 0 Å². The van der Waals surface area contributed by atoms with Gasteiger partial charge in [-0.25, -0.2) is 0 Å². The van der Waals surface area contributed by atoms with Gasteiger partial charge in [0.2, 0.25) is 5.91 Å². The maximum atomic E-state index is 12.8. The molecule has 2 heterocycles. The van der Waals surface area contributed by atoms with Gasteiger partial charge in [0.05, 0.1) is 11.4 Å². The SMILES string of the molecule is C=C1N=CC=C(N2CCC(C(=O)Nc3cccc(C)c3C)CC2)C1=N/C=C\C. The Bertz CT molecular complexity index is 884. The number of nitrogens with zero attached hydrogens (tertiary/aromatic N) is 3. The number of allylic oxidation sites excluding steroid dienone is 2. The predicted octanol–water partition coefficient (Wildman–Crippen LogP) is 4.41. The highest BCUT2D eigenvalue weighted by molar-refractivity contribution is 6.16. The molecule has 3 rings (SSSR count). The fourth-order valence-corrected chi connectivity index (χ4v) is 3.53. The number of rotatable bonds is 4. The van der Waals surface area contributed by atoms with E-state index in [1.54, 1.807) is 12.4 Å². The van der Waals surface area contributed by atoms with Crippen molar-refractivity contribution in [2.45, 2.75) is 33.6 Å². The number of carbonyl (C=O) groups excluding carboxylic acids is 1. The molecule has 5 heteroatoms. The van der Waals surface area contributed by atoms with Crippen LogP contribution < -0.4 is 5.32 Å². The Labute approximate surface area is 167 Å². The van der Waals surface area contributed by atoms with Crippen molar-refractivity contribution in [1.29, 1.82) is 0 Å². The number of benzene rings is 1. The van der Waals surface area contributed by atoms with Crippen molar-refractivity contribution in [3.8, 4) is 0 Å². The number of hydrogen-bond donors (Lipinski definition) is 1. The molecule has 28 heavy (non-hydrogen) atoms. The number of amides is 1. The zero-order valence-corrected chi connectivity index (χ0v) is 16.9. The summed E-state index contributed by atoms with van der Waals surface area (Å²) in [5.41, 5.74) is 5.74. The highest BCUT2D eigenvalue weighted by Crippen LogP contribution is 2.26. The van der Waals surface area contributed by atoms with Crippen molar-refractivity contribution in [2.75, 3.05) is 18.4 Å². The average molecular weight is 377 g/mol. The zero-order chi connectivity index (χ0) is 20.1. The Kier molecular flexibility index (Phi) is 6.24. The molecule has 0 aromatic heterocycles. The first-order valence-electron chi connectivity index (χ1n) is 9.76. The van der Waals surface area contributed by atoms with Crippen molar-refractivity contribution in [1.82, 2.24) is 4.90 Å². The van der Waals surface area contributed by atoms with Crippen LogP contribution in [0.3, 0.4) is 0 Å². The maximum absolute atomic E-state index is 12.8. The Morgan fingerprint density at radius 3 is 2.79 bits per heavy atom. The normalized spacial score (nSPS) is 19.4. The first-order chi connectivity index (χ1) is 13.5. The molecule has 2 aliphatic heterocycles. The first kappa shape index (κ1) is 19.8. The lowest BCUT2D eigenvalue weighted by atomic mass is 9.94. The zero-order valence-electron chi connectivity index (χ0n) is 16.9. The molecular weight excluding hydrogens is 348 g/mol. The van der Waals surface area contributed by atoms with Crippen molar-refractivity contribution < 1.29 is 4.79 Å². The number of aliphatic imine (C=N–C) groups is 2. The second-order valence-corrected chi connectivity index (χ2v) is 7.23. The highest BCUT2D eigenvalue weighted by atomic mass is 16.1. The predicted molar refractivity (Wildman–Crippen MR) is 117 cm³/mol. The van der Waals surface area contributed by atoms with Gasteiger partial charge < -0.3 is 10.2 Å². The van der Waals surface area contributed by atoms with Crippen LogP contribution in [-0.2, 0) is 4.79 Å². The van der Waals surface area contributed by atoms with Gasteiger partial charge in [0, 0.05) is 37.1 Å². The summed E-state index contributed by atoms with van der Waals surface area (Å²) in [6.45, 7) is 11.7. The van der Waals surface area contributed by atoms with E-state index in [1.807, 2.05) is 38.1 Å². The van der Waals surface area contributed by atoms with E-state index in [2.05, 4.69) is 39.8 Å². The van der Waals surface area contributed by atoms with Crippen LogP contribution in [0.4, 0.5) is 5.69 Å². The van der Waals surface area contributed by atoms with E-state index in [1.165, 1.54) is 5.56 Å². The molecule has 1 amide bonds. The minimum absolute atomic E-state index is 0.0214. The molecular formula is C23H28N4O. The third-order valence-corrected chi connectivity index (χ3v) is 5.40. The van der Waals surface area contributed by atoms with E-state index >= 15 is 0 Å². The Morgan fingerprint density at radius 1 is 1.32 bits per heavy atom. The minimum atomic E-state index is 0.0214. The number of dihydropyridines is 1. The molecule has 1 N–H and O–H groups in total. The Hall–Kier alpha value is -2.95. The molecule has 0 aliphatic carbocycles. The lowest BCUT2D eigenvalue weighted by Gasteiger charge is -2.35. The minimum Gasteiger partial charge on any atom is -0.370 e. The lowest BCUT2D eigenvalue weighted by molar-refractivity contribution is -0.121. The van der Waals surface area contributed by atoms with Crippen LogP contribution in [0.1, 0.15) is 30.9 Å². The monoisotopic (exact) mass is 376 g/mol. The van der Waals surface area contributed by atoms with Crippen molar-refractivity contribution in [2.24, 2.45) is 15.9 Å². The number of carbonyl (C=O) groups is 1. The molecule has 0 unspecified atom stereocenters. The third-order valence-electron chi connectivity index (χ3n) is 5.40. The number of aryl methyl sites for hydroxylation is 1. The summed E-state index contributed by atoms with van der Waals surface area (Å²) in [6.07, 6.45) is 9.03. The fourth-order valence-electron chi connectivity index (χ4n) is 3.53. The average Bonchev–Trinajstić information content (AvgIpc) is 2.70. The van der Waals surface area contributed by atoms with Crippen LogP contribution in [0.5, 0.6) is 0 Å². The fraction of sp³-hybridized carbons (Fsp3) is 0.348. The molecule has 1 aromatic rings. The Balaban J connectivity index is 1.64. The van der Waals surface area contributed by atoms with E-state index in [9.17, 15) is 4.79 Å². The number of likely N-dealkylation sites (tertiary alicyclic amines) is 1. The molecule has 1 fully saturated rings. The highest BCUT2D eigenvalue weighted by Gasteiger charge is 2.28. The molecule has 5 nitrogen and oxygen atoms in total. The molecule has 0 radical (unpaired) electrons. The summed E-state index contributed by atoms with van der Waals surface area (Å²) in [6, 6.07) is 6.01. The quantitative estimate of drug-likeness (QED) is 0.846. The summed E-state index contributed by atoms with van der Waals surface area (Å²) in [5.74, 6) is 0.132. The van der Waals surface area contributed by atoms with E-state index < -0.39 is 0 Å². The first-order valence-corrected chi connectivity index (χ1v) is 9.76. The van der Waals surface area contributed by atoms with E-state index in [0.29, 0.717) is 5.70 Å². The van der Waals surface area contributed by atoms with Gasteiger partial charge in [0.25, 0.3) is 0 Å². The van der Waals surface area contributed by atoms with Gasteiger partial charge in [-0.3, -0.25) is 14.8 Å². The number of anilines is 1. The maximum Gasteiger partial charge on any atom is 0.227 e. The van der Waals surface area contributed by atoms with Gasteiger partial charge >= 0.3 is 0 Å². The van der Waals surface area contributed by atoms with Crippen LogP contribution in [0.15, 0.2) is 64.5 Å². The summed E-state index contributed by atoms with van der Waals surface area (Å²) in [4.78, 5) is 23.8. The molecule has 0 atom stereocenters. The van der Waals surface area contributed by atoms with Crippen LogP contribution in [-0.4, -0.2) is 35.8 Å². The molecule has 0 saturated carbocycles. The van der Waals surface area contributed by atoms with Crippen molar-refractivity contribution in [3.63, 3.8) is 0 Å². The van der Waals surface area contributed by atoms with Gasteiger partial charge in [-0.2, -0.15) is 0 Å². The van der Waals surface area contributed by atoms with E-state index in [4.69, 9.17) is 0 Å². The number of piperidine rings is 1. The lowest BCUT2D eigenvalue weighted by Crippen LogP contribution is -2.40. The van der Waals surface area contributed by atoms with Crippen LogP contribution in [0.25, 0.3) is 0 Å². The Morgan fingerprint density at radius 2 is 2.07 bits per heavy atom. The van der Waals surface area contributed by atoms with Crippen LogP contribution in [0, 0.1) is 19.8 Å². The second kappa shape index (κ2) is 8.83. The smallest absolute Gasteiger partial charge is 0.227 e. The number of hydrogen-bond acceptors (Lipinski definition) is 4. The summed E-state index contributed by atoms with van der Waals surface area (Å²) >= 11 is 0. The molecule has 0 spiro atoms. The third kappa shape index (κ3) is 4.30. The summed E-state index contributed by atoms with van der Waals surface area (Å²) < 4.78 is 0. The summed E-state index contributed by atoms with van der Waals surface area (Å²) in [5, 5.41) is 3.12. The van der Waals surface area contributed by atoms with E-state index in [-0.39, 0.29) is 11.8 Å². The molecule has 1 saturated heterocycles. The van der Waals surface area contributed by atoms with Gasteiger partial charge in [-0.05, 0) is 56.9 Å². The summed E-state index contributed by atoms with van der Waals surface area (Å²) in [7, 11) is 0.